The van der Waals surface area contributed by atoms with Gasteiger partial charge in [0, 0.05) is 18.0 Å². The zero-order chi connectivity index (χ0) is 12.2. The second kappa shape index (κ2) is 5.67. The van der Waals surface area contributed by atoms with Gasteiger partial charge in [-0.3, -0.25) is 4.79 Å². The number of hydrogen-bond acceptors (Lipinski definition) is 2. The zero-order valence-electron chi connectivity index (χ0n) is 10.9. The van der Waals surface area contributed by atoms with Gasteiger partial charge in [-0.25, -0.2) is 0 Å². The van der Waals surface area contributed by atoms with Crippen molar-refractivity contribution in [1.29, 1.82) is 0 Å². The molecule has 3 heteroatoms. The van der Waals surface area contributed by atoms with Crippen LogP contribution in [0.4, 0.5) is 0 Å². The third-order valence-electron chi connectivity index (χ3n) is 4.00. The summed E-state index contributed by atoms with van der Waals surface area (Å²) < 4.78 is 0. The normalized spacial score (nSPS) is 22.8. The standard InChI is InChI=1S/C13H26N2O/c1-4-10(2)11(3)15-12(16)9-13(14)7-5-6-8-13/h10-11H,4-9,14H2,1-3H3,(H,15,16). The molecule has 1 fully saturated rings. The van der Waals surface area contributed by atoms with Crippen LogP contribution in [0.15, 0.2) is 0 Å². The number of carbonyl (C=O) groups excluding carboxylic acids is 1. The SMILES string of the molecule is CCC(C)C(C)NC(=O)CC1(N)CCCC1. The van der Waals surface area contributed by atoms with Gasteiger partial charge in [-0.05, 0) is 25.7 Å². The van der Waals surface area contributed by atoms with Crippen LogP contribution in [-0.2, 0) is 4.79 Å². The van der Waals surface area contributed by atoms with Crippen molar-refractivity contribution in [2.24, 2.45) is 11.7 Å². The topological polar surface area (TPSA) is 55.1 Å². The molecule has 16 heavy (non-hydrogen) atoms. The van der Waals surface area contributed by atoms with Crippen LogP contribution in [0.25, 0.3) is 0 Å². The van der Waals surface area contributed by atoms with E-state index in [1.54, 1.807) is 0 Å². The fourth-order valence-electron chi connectivity index (χ4n) is 2.38. The lowest BCUT2D eigenvalue weighted by Gasteiger charge is -2.25. The Hall–Kier alpha value is -0.570. The van der Waals surface area contributed by atoms with Gasteiger partial charge >= 0.3 is 0 Å². The highest BCUT2D eigenvalue weighted by atomic mass is 16.1. The number of nitrogens with two attached hydrogens (primary N) is 1. The highest BCUT2D eigenvalue weighted by Gasteiger charge is 2.32. The quantitative estimate of drug-likeness (QED) is 0.755. The molecule has 1 aliphatic rings. The minimum absolute atomic E-state index is 0.122. The van der Waals surface area contributed by atoms with E-state index < -0.39 is 0 Å². The molecule has 0 spiro atoms. The fraction of sp³-hybridized carbons (Fsp3) is 0.923. The van der Waals surface area contributed by atoms with Crippen LogP contribution in [0.1, 0.15) is 59.3 Å². The van der Waals surface area contributed by atoms with E-state index >= 15 is 0 Å². The summed E-state index contributed by atoms with van der Waals surface area (Å²) in [7, 11) is 0. The molecule has 3 nitrogen and oxygen atoms in total. The molecule has 94 valence electrons. The average Bonchev–Trinajstić information content (AvgIpc) is 2.62. The maximum absolute atomic E-state index is 11.8. The molecule has 2 unspecified atom stereocenters. The Kier molecular flexibility index (Phi) is 4.78. The van der Waals surface area contributed by atoms with Crippen LogP contribution in [0, 0.1) is 5.92 Å². The van der Waals surface area contributed by atoms with E-state index in [0.717, 1.165) is 19.3 Å². The first-order valence-electron chi connectivity index (χ1n) is 6.55. The van der Waals surface area contributed by atoms with Gasteiger partial charge in [0.15, 0.2) is 0 Å². The zero-order valence-corrected chi connectivity index (χ0v) is 10.9. The van der Waals surface area contributed by atoms with Crippen molar-refractivity contribution in [3.63, 3.8) is 0 Å². The van der Waals surface area contributed by atoms with Crippen molar-refractivity contribution in [2.45, 2.75) is 70.9 Å². The molecule has 1 amide bonds. The van der Waals surface area contributed by atoms with Crippen LogP contribution in [0.5, 0.6) is 0 Å². The smallest absolute Gasteiger partial charge is 0.222 e. The van der Waals surface area contributed by atoms with Gasteiger partial charge < -0.3 is 11.1 Å². The summed E-state index contributed by atoms with van der Waals surface area (Å²) >= 11 is 0. The molecular formula is C13H26N2O. The number of nitrogens with one attached hydrogen (secondary N) is 1. The van der Waals surface area contributed by atoms with Gasteiger partial charge in [-0.1, -0.05) is 33.1 Å². The van der Waals surface area contributed by atoms with Crippen molar-refractivity contribution in [1.82, 2.24) is 5.32 Å². The van der Waals surface area contributed by atoms with Gasteiger partial charge in [-0.2, -0.15) is 0 Å². The molecule has 1 saturated carbocycles. The summed E-state index contributed by atoms with van der Waals surface area (Å²) in [6.45, 7) is 6.39. The predicted molar refractivity (Wildman–Crippen MR) is 67.1 cm³/mol. The highest BCUT2D eigenvalue weighted by Crippen LogP contribution is 2.29. The van der Waals surface area contributed by atoms with E-state index in [4.69, 9.17) is 5.73 Å². The van der Waals surface area contributed by atoms with Crippen molar-refractivity contribution >= 4 is 5.91 Å². The Morgan fingerprint density at radius 1 is 1.38 bits per heavy atom. The van der Waals surface area contributed by atoms with E-state index in [-0.39, 0.29) is 17.5 Å². The summed E-state index contributed by atoms with van der Waals surface area (Å²) in [6, 6.07) is 0.252. The molecule has 0 bridgehead atoms. The number of carbonyl (C=O) groups is 1. The lowest BCUT2D eigenvalue weighted by Crippen LogP contribution is -2.45. The van der Waals surface area contributed by atoms with E-state index in [1.807, 2.05) is 0 Å². The van der Waals surface area contributed by atoms with E-state index in [0.29, 0.717) is 12.3 Å². The molecule has 1 aliphatic carbocycles. The highest BCUT2D eigenvalue weighted by molar-refractivity contribution is 5.77. The van der Waals surface area contributed by atoms with Crippen molar-refractivity contribution in [2.75, 3.05) is 0 Å². The fourth-order valence-corrected chi connectivity index (χ4v) is 2.38. The minimum atomic E-state index is -0.223. The molecule has 2 atom stereocenters. The molecule has 0 aliphatic heterocycles. The first-order valence-corrected chi connectivity index (χ1v) is 6.55. The van der Waals surface area contributed by atoms with Gasteiger partial charge in [0.1, 0.15) is 0 Å². The summed E-state index contributed by atoms with van der Waals surface area (Å²) in [6.07, 6.45) is 5.93. The maximum Gasteiger partial charge on any atom is 0.222 e. The largest absolute Gasteiger partial charge is 0.353 e. The Morgan fingerprint density at radius 3 is 2.44 bits per heavy atom. The van der Waals surface area contributed by atoms with Crippen molar-refractivity contribution in [3.8, 4) is 0 Å². The second-order valence-electron chi connectivity index (χ2n) is 5.49. The third kappa shape index (κ3) is 3.78. The molecule has 0 radical (unpaired) electrons. The summed E-state index contributed by atoms with van der Waals surface area (Å²) in [4.78, 5) is 11.8. The average molecular weight is 226 g/mol. The van der Waals surface area contributed by atoms with E-state index in [2.05, 4.69) is 26.1 Å². The lowest BCUT2D eigenvalue weighted by atomic mass is 9.93. The molecule has 0 aromatic carbocycles. The predicted octanol–water partition coefficient (Wildman–Crippen LogP) is 2.20. The Bertz CT molecular complexity index is 234. The first-order chi connectivity index (χ1) is 7.47. The van der Waals surface area contributed by atoms with Crippen molar-refractivity contribution in [3.05, 3.63) is 0 Å². The molecule has 1 rings (SSSR count). The van der Waals surface area contributed by atoms with Crippen LogP contribution in [0.2, 0.25) is 0 Å². The Labute approximate surface area is 99.2 Å². The van der Waals surface area contributed by atoms with Crippen molar-refractivity contribution < 1.29 is 4.79 Å². The summed E-state index contributed by atoms with van der Waals surface area (Å²) in [5.41, 5.74) is 5.96. The molecule has 0 aromatic heterocycles. The molecule has 0 heterocycles. The Morgan fingerprint density at radius 2 is 1.94 bits per heavy atom. The minimum Gasteiger partial charge on any atom is -0.353 e. The molecule has 3 N–H and O–H groups in total. The number of hydrogen-bond donors (Lipinski definition) is 2. The van der Waals surface area contributed by atoms with E-state index in [9.17, 15) is 4.79 Å². The first kappa shape index (κ1) is 13.5. The third-order valence-corrected chi connectivity index (χ3v) is 4.00. The lowest BCUT2D eigenvalue weighted by molar-refractivity contribution is -0.123. The maximum atomic E-state index is 11.8. The van der Waals surface area contributed by atoms with Crippen LogP contribution in [-0.4, -0.2) is 17.5 Å². The van der Waals surface area contributed by atoms with Crippen LogP contribution >= 0.6 is 0 Å². The van der Waals surface area contributed by atoms with Crippen LogP contribution in [0.3, 0.4) is 0 Å². The monoisotopic (exact) mass is 226 g/mol. The number of rotatable bonds is 5. The summed E-state index contributed by atoms with van der Waals surface area (Å²) in [5.74, 6) is 0.651. The van der Waals surface area contributed by atoms with E-state index in [1.165, 1.54) is 12.8 Å². The van der Waals surface area contributed by atoms with Gasteiger partial charge in [-0.15, -0.1) is 0 Å². The molecule has 0 aromatic rings. The van der Waals surface area contributed by atoms with Gasteiger partial charge in [0.25, 0.3) is 0 Å². The second-order valence-corrected chi connectivity index (χ2v) is 5.49. The number of amides is 1. The summed E-state index contributed by atoms with van der Waals surface area (Å²) in [5, 5.41) is 3.06. The Balaban J connectivity index is 2.35. The van der Waals surface area contributed by atoms with Gasteiger partial charge in [0.2, 0.25) is 5.91 Å². The van der Waals surface area contributed by atoms with Gasteiger partial charge in [0.05, 0.1) is 0 Å². The molecular weight excluding hydrogens is 200 g/mol. The molecule has 0 saturated heterocycles. The van der Waals surface area contributed by atoms with Crippen LogP contribution < -0.4 is 11.1 Å².